The van der Waals surface area contributed by atoms with Crippen molar-refractivity contribution in [2.75, 3.05) is 0 Å². The molecule has 0 unspecified atom stereocenters. The van der Waals surface area contributed by atoms with Crippen molar-refractivity contribution in [1.29, 1.82) is 0 Å². The first kappa shape index (κ1) is 4.86. The minimum Gasteiger partial charge on any atom is -0.507 e. The number of hydrogen-bond donors (Lipinski definition) is 1. The van der Waals surface area contributed by atoms with Crippen LogP contribution in [-0.2, 0) is 0 Å². The Hall–Kier alpha value is -0.980. The van der Waals surface area contributed by atoms with E-state index in [0.29, 0.717) is 11.7 Å². The van der Waals surface area contributed by atoms with Crippen molar-refractivity contribution in [1.82, 2.24) is 0 Å². The van der Waals surface area contributed by atoms with Gasteiger partial charge in [-0.3, -0.25) is 0 Å². The van der Waals surface area contributed by atoms with Gasteiger partial charge in [0.1, 0.15) is 5.75 Å². The van der Waals surface area contributed by atoms with Crippen LogP contribution in [0.25, 0.3) is 0 Å². The summed E-state index contributed by atoms with van der Waals surface area (Å²) in [4.78, 5) is 0. The summed E-state index contributed by atoms with van der Waals surface area (Å²) in [6, 6.07) is 5.91. The Kier molecular flexibility index (Phi) is 0.699. The second kappa shape index (κ2) is 1.29. The molecule has 0 aliphatic heterocycles. The normalized spacial score (nSPS) is 15.2. The van der Waals surface area contributed by atoms with E-state index in [-0.39, 0.29) is 0 Å². The van der Waals surface area contributed by atoms with Gasteiger partial charge in [0.2, 0.25) is 0 Å². The van der Waals surface area contributed by atoms with Crippen LogP contribution in [0.4, 0.5) is 0 Å². The van der Waals surface area contributed by atoms with E-state index >= 15 is 0 Å². The second-order valence-electron chi connectivity index (χ2n) is 2.51. The molecule has 1 N–H and O–H groups in total. The molecule has 0 spiro atoms. The number of hydrogen-bond acceptors (Lipinski definition) is 1. The van der Waals surface area contributed by atoms with Crippen LogP contribution in [0.1, 0.15) is 24.0 Å². The lowest BCUT2D eigenvalue weighted by atomic mass is 9.81. The first-order valence-electron chi connectivity index (χ1n) is 3.12. The molecule has 0 saturated heterocycles. The van der Waals surface area contributed by atoms with Crippen LogP contribution in [0.3, 0.4) is 0 Å². The van der Waals surface area contributed by atoms with E-state index in [4.69, 9.17) is 5.11 Å². The van der Waals surface area contributed by atoms with Crippen LogP contribution in [-0.4, -0.2) is 5.11 Å². The largest absolute Gasteiger partial charge is 0.507 e. The molecular weight excluding hydrogens is 112 g/mol. The Morgan fingerprint density at radius 2 is 1.89 bits per heavy atom. The molecule has 0 heterocycles. The van der Waals surface area contributed by atoms with Gasteiger partial charge in [0.15, 0.2) is 0 Å². The van der Waals surface area contributed by atoms with Gasteiger partial charge in [-0.2, -0.15) is 0 Å². The maximum Gasteiger partial charge on any atom is 0.123 e. The zero-order valence-electron chi connectivity index (χ0n) is 5.26. The average Bonchev–Trinajstić information content (AvgIpc) is 1.91. The molecule has 0 atom stereocenters. The fourth-order valence-electron chi connectivity index (χ4n) is 1.37. The van der Waals surface area contributed by atoms with Gasteiger partial charge in [0, 0.05) is 17.0 Å². The molecule has 0 radical (unpaired) electrons. The molecular formula is C8H8O. The molecule has 0 fully saturated rings. The molecule has 1 aromatic rings. The van der Waals surface area contributed by atoms with Gasteiger partial charge >= 0.3 is 0 Å². The minimum atomic E-state index is 0.481. The average molecular weight is 120 g/mol. The number of rotatable bonds is 0. The summed E-state index contributed by atoms with van der Waals surface area (Å²) in [5.41, 5.74) is 2.18. The Labute approximate surface area is 53.9 Å². The van der Waals surface area contributed by atoms with Gasteiger partial charge in [-0.1, -0.05) is 25.1 Å². The van der Waals surface area contributed by atoms with Gasteiger partial charge in [0.25, 0.3) is 0 Å². The molecule has 0 amide bonds. The summed E-state index contributed by atoms with van der Waals surface area (Å²) in [6.07, 6.45) is 0. The van der Waals surface area contributed by atoms with E-state index in [1.165, 1.54) is 0 Å². The molecule has 9 heavy (non-hydrogen) atoms. The molecule has 2 aliphatic rings. The molecule has 46 valence electrons. The third-order valence-corrected chi connectivity index (χ3v) is 2.03. The molecule has 2 bridgehead atoms. The highest BCUT2D eigenvalue weighted by molar-refractivity contribution is 5.57. The van der Waals surface area contributed by atoms with Crippen LogP contribution < -0.4 is 0 Å². The smallest absolute Gasteiger partial charge is 0.123 e. The summed E-state index contributed by atoms with van der Waals surface area (Å²) in [6.45, 7) is 2.10. The minimum absolute atomic E-state index is 0.481. The Balaban J connectivity index is 2.67. The van der Waals surface area contributed by atoms with Crippen molar-refractivity contribution in [2.45, 2.75) is 12.8 Å². The Bertz CT molecular complexity index is 230. The van der Waals surface area contributed by atoms with Gasteiger partial charge < -0.3 is 5.11 Å². The first-order chi connectivity index (χ1) is 4.30. The first-order valence-corrected chi connectivity index (χ1v) is 3.12. The van der Waals surface area contributed by atoms with Crippen LogP contribution in [0.2, 0.25) is 0 Å². The summed E-state index contributed by atoms with van der Waals surface area (Å²) < 4.78 is 0. The number of benzene rings is 1. The summed E-state index contributed by atoms with van der Waals surface area (Å²) in [5, 5.41) is 9.16. The fraction of sp³-hybridized carbons (Fsp3) is 0.250. The van der Waals surface area contributed by atoms with E-state index < -0.39 is 0 Å². The Morgan fingerprint density at radius 1 is 1.33 bits per heavy atom. The highest BCUT2D eigenvalue weighted by Crippen LogP contribution is 2.45. The van der Waals surface area contributed by atoms with E-state index in [1.807, 2.05) is 18.2 Å². The standard InChI is InChI=1S/C8H8O/c1-5-6-3-2-4-7(5)8(6)9/h2-5,9H,1H3. The quantitative estimate of drug-likeness (QED) is 0.554. The predicted molar refractivity (Wildman–Crippen MR) is 35.6 cm³/mol. The van der Waals surface area contributed by atoms with Crippen molar-refractivity contribution in [2.24, 2.45) is 0 Å². The molecule has 2 aliphatic carbocycles. The van der Waals surface area contributed by atoms with Crippen LogP contribution in [0.5, 0.6) is 5.75 Å². The lowest BCUT2D eigenvalue weighted by Gasteiger charge is -2.25. The summed E-state index contributed by atoms with van der Waals surface area (Å²) >= 11 is 0. The van der Waals surface area contributed by atoms with E-state index in [1.54, 1.807) is 0 Å². The third-order valence-electron chi connectivity index (χ3n) is 2.03. The third kappa shape index (κ3) is 0.400. The molecule has 1 nitrogen and oxygen atoms in total. The molecule has 1 aromatic carbocycles. The molecule has 0 aromatic heterocycles. The number of para-hydroxylation sites is 1. The lowest BCUT2D eigenvalue weighted by Crippen LogP contribution is -2.07. The van der Waals surface area contributed by atoms with Gasteiger partial charge in [0.05, 0.1) is 0 Å². The van der Waals surface area contributed by atoms with E-state index in [2.05, 4.69) is 6.92 Å². The van der Waals surface area contributed by atoms with E-state index in [9.17, 15) is 0 Å². The number of phenolic OH excluding ortho intramolecular Hbond substituents is 1. The highest BCUT2D eigenvalue weighted by atomic mass is 16.3. The highest BCUT2D eigenvalue weighted by Gasteiger charge is 2.26. The van der Waals surface area contributed by atoms with Crippen LogP contribution >= 0.6 is 0 Å². The molecule has 0 saturated carbocycles. The van der Waals surface area contributed by atoms with Gasteiger partial charge in [-0.05, 0) is 0 Å². The lowest BCUT2D eigenvalue weighted by molar-refractivity contribution is 0.437. The monoisotopic (exact) mass is 120 g/mol. The zero-order valence-corrected chi connectivity index (χ0v) is 5.26. The fourth-order valence-corrected chi connectivity index (χ4v) is 1.37. The van der Waals surface area contributed by atoms with Crippen LogP contribution in [0.15, 0.2) is 18.2 Å². The van der Waals surface area contributed by atoms with Gasteiger partial charge in [-0.15, -0.1) is 0 Å². The van der Waals surface area contributed by atoms with Crippen molar-refractivity contribution in [3.63, 3.8) is 0 Å². The number of fused-ring (bicyclic) bond motifs is 2. The SMILES string of the molecule is CC1c2cccc1c2O. The van der Waals surface area contributed by atoms with Crippen LogP contribution in [0, 0.1) is 0 Å². The van der Waals surface area contributed by atoms with Crippen molar-refractivity contribution < 1.29 is 5.11 Å². The number of aromatic hydroxyl groups is 1. The van der Waals surface area contributed by atoms with Crippen molar-refractivity contribution >= 4 is 0 Å². The predicted octanol–water partition coefficient (Wildman–Crippen LogP) is 1.86. The molecule has 3 rings (SSSR count). The van der Waals surface area contributed by atoms with Gasteiger partial charge in [-0.25, -0.2) is 0 Å². The molecule has 1 heteroatoms. The second-order valence-corrected chi connectivity index (χ2v) is 2.51. The Morgan fingerprint density at radius 3 is 2.11 bits per heavy atom. The van der Waals surface area contributed by atoms with Crippen molar-refractivity contribution in [3.8, 4) is 5.75 Å². The van der Waals surface area contributed by atoms with Crippen molar-refractivity contribution in [3.05, 3.63) is 29.3 Å². The summed E-state index contributed by atoms with van der Waals surface area (Å²) in [7, 11) is 0. The maximum absolute atomic E-state index is 9.16. The number of phenols is 1. The maximum atomic E-state index is 9.16. The summed E-state index contributed by atoms with van der Waals surface area (Å²) in [5.74, 6) is 0.986. The zero-order chi connectivity index (χ0) is 6.43. The topological polar surface area (TPSA) is 20.2 Å². The van der Waals surface area contributed by atoms with E-state index in [0.717, 1.165) is 11.1 Å².